The van der Waals surface area contributed by atoms with Crippen molar-refractivity contribution in [1.82, 2.24) is 19.6 Å². The highest BCUT2D eigenvalue weighted by molar-refractivity contribution is 7.99. The van der Waals surface area contributed by atoms with Gasteiger partial charge < -0.3 is 4.74 Å². The topological polar surface area (TPSA) is 52.3 Å². The predicted octanol–water partition coefficient (Wildman–Crippen LogP) is 2.69. The van der Waals surface area contributed by atoms with E-state index in [1.165, 1.54) is 0 Å². The monoisotopic (exact) mass is 286 g/mol. The van der Waals surface area contributed by atoms with Gasteiger partial charge in [0.05, 0.1) is 6.61 Å². The summed E-state index contributed by atoms with van der Waals surface area (Å²) in [5, 5.41) is 5.09. The molecule has 0 aliphatic carbocycles. The molecule has 0 radical (unpaired) electrons. The van der Waals surface area contributed by atoms with E-state index in [2.05, 4.69) is 15.1 Å². The number of rotatable bonds is 6. The van der Waals surface area contributed by atoms with Gasteiger partial charge in [0, 0.05) is 18.1 Å². The second-order valence-electron chi connectivity index (χ2n) is 4.12. The number of ether oxygens (including phenoxy) is 1. The summed E-state index contributed by atoms with van der Waals surface area (Å²) in [6.07, 6.45) is 4.51. The van der Waals surface area contributed by atoms with Crippen LogP contribution in [0.1, 0.15) is 6.42 Å². The highest BCUT2D eigenvalue weighted by atomic mass is 32.2. The molecule has 0 bridgehead atoms. The molecule has 1 aromatic carbocycles. The average molecular weight is 286 g/mol. The number of benzene rings is 1. The molecule has 0 aliphatic rings. The lowest BCUT2D eigenvalue weighted by molar-refractivity contribution is 0.318. The second-order valence-corrected chi connectivity index (χ2v) is 5.18. The third-order valence-corrected chi connectivity index (χ3v) is 3.55. The van der Waals surface area contributed by atoms with Crippen molar-refractivity contribution < 1.29 is 4.74 Å². The fraction of sp³-hybridized carbons (Fsp3) is 0.214. The largest absolute Gasteiger partial charge is 0.494 e. The number of hydrogen-bond acceptors (Lipinski definition) is 5. The van der Waals surface area contributed by atoms with Gasteiger partial charge in [-0.25, -0.2) is 9.50 Å². The van der Waals surface area contributed by atoms with E-state index < -0.39 is 0 Å². The zero-order valence-corrected chi connectivity index (χ0v) is 11.7. The minimum Gasteiger partial charge on any atom is -0.494 e. The van der Waals surface area contributed by atoms with Crippen LogP contribution in [0.5, 0.6) is 5.75 Å². The molecule has 2 aromatic heterocycles. The lowest BCUT2D eigenvalue weighted by atomic mass is 10.3. The zero-order chi connectivity index (χ0) is 13.6. The Morgan fingerprint density at radius 2 is 2.05 bits per heavy atom. The summed E-state index contributed by atoms with van der Waals surface area (Å²) in [5.41, 5.74) is 0. The molecular weight excluding hydrogens is 272 g/mol. The smallest absolute Gasteiger partial charge is 0.253 e. The first-order valence-corrected chi connectivity index (χ1v) is 7.38. The Hall–Kier alpha value is -2.08. The van der Waals surface area contributed by atoms with Gasteiger partial charge in [-0.2, -0.15) is 4.98 Å². The highest BCUT2D eigenvalue weighted by Crippen LogP contribution is 2.15. The maximum Gasteiger partial charge on any atom is 0.253 e. The fourth-order valence-corrected chi connectivity index (χ4v) is 2.44. The van der Waals surface area contributed by atoms with Gasteiger partial charge in [-0.1, -0.05) is 30.0 Å². The maximum absolute atomic E-state index is 5.63. The Morgan fingerprint density at radius 3 is 2.90 bits per heavy atom. The third-order valence-electron chi connectivity index (χ3n) is 2.63. The van der Waals surface area contributed by atoms with Crippen molar-refractivity contribution in [3.63, 3.8) is 0 Å². The molecule has 0 unspecified atom stereocenters. The van der Waals surface area contributed by atoms with Crippen LogP contribution in [-0.2, 0) is 0 Å². The van der Waals surface area contributed by atoms with Crippen LogP contribution in [0.4, 0.5) is 0 Å². The van der Waals surface area contributed by atoms with Crippen LogP contribution in [0.3, 0.4) is 0 Å². The number of nitrogens with zero attached hydrogens (tertiary/aromatic N) is 4. The standard InChI is InChI=1S/C14H14N4OS/c1-2-6-12(7-3-1)19-10-5-11-20-14-16-13-15-8-4-9-18(13)17-14/h1-4,6-9H,5,10-11H2. The van der Waals surface area contributed by atoms with E-state index in [0.717, 1.165) is 23.1 Å². The molecule has 0 saturated heterocycles. The molecule has 5 nitrogen and oxygen atoms in total. The number of aromatic nitrogens is 4. The molecule has 3 aromatic rings. The Morgan fingerprint density at radius 1 is 1.15 bits per heavy atom. The van der Waals surface area contributed by atoms with Gasteiger partial charge in [-0.3, -0.25) is 0 Å². The van der Waals surface area contributed by atoms with E-state index >= 15 is 0 Å². The van der Waals surface area contributed by atoms with Crippen LogP contribution in [0.25, 0.3) is 5.78 Å². The summed E-state index contributed by atoms with van der Waals surface area (Å²) in [6.45, 7) is 0.697. The Bertz CT molecular complexity index is 638. The van der Waals surface area contributed by atoms with Crippen LogP contribution in [0.2, 0.25) is 0 Å². The fourth-order valence-electron chi connectivity index (χ4n) is 1.70. The van der Waals surface area contributed by atoms with Crippen LogP contribution in [0.15, 0.2) is 53.9 Å². The zero-order valence-electron chi connectivity index (χ0n) is 10.8. The highest BCUT2D eigenvalue weighted by Gasteiger charge is 2.03. The van der Waals surface area contributed by atoms with E-state index in [-0.39, 0.29) is 0 Å². The Balaban J connectivity index is 1.43. The summed E-state index contributed by atoms with van der Waals surface area (Å²) < 4.78 is 7.31. The van der Waals surface area contributed by atoms with Crippen LogP contribution in [0, 0.1) is 0 Å². The van der Waals surface area contributed by atoms with E-state index in [1.54, 1.807) is 22.5 Å². The van der Waals surface area contributed by atoms with Crippen LogP contribution < -0.4 is 4.74 Å². The predicted molar refractivity (Wildman–Crippen MR) is 78.1 cm³/mol. The molecule has 0 N–H and O–H groups in total. The minimum absolute atomic E-state index is 0.635. The molecule has 0 fully saturated rings. The van der Waals surface area contributed by atoms with Gasteiger partial charge in [0.1, 0.15) is 5.75 Å². The van der Waals surface area contributed by atoms with E-state index in [4.69, 9.17) is 4.74 Å². The van der Waals surface area contributed by atoms with E-state index in [1.807, 2.05) is 42.6 Å². The van der Waals surface area contributed by atoms with Crippen molar-refractivity contribution in [2.45, 2.75) is 11.6 Å². The third kappa shape index (κ3) is 3.27. The van der Waals surface area contributed by atoms with E-state index in [9.17, 15) is 0 Å². The molecule has 102 valence electrons. The summed E-state index contributed by atoms with van der Waals surface area (Å²) in [7, 11) is 0. The minimum atomic E-state index is 0.635. The summed E-state index contributed by atoms with van der Waals surface area (Å²) >= 11 is 1.62. The Labute approximate surface area is 121 Å². The molecule has 3 rings (SSSR count). The molecule has 20 heavy (non-hydrogen) atoms. The second kappa shape index (κ2) is 6.38. The van der Waals surface area contributed by atoms with Crippen molar-refractivity contribution in [3.8, 4) is 5.75 Å². The van der Waals surface area contributed by atoms with Crippen molar-refractivity contribution in [1.29, 1.82) is 0 Å². The van der Waals surface area contributed by atoms with Gasteiger partial charge in [-0.15, -0.1) is 5.10 Å². The molecular formula is C14H14N4OS. The van der Waals surface area contributed by atoms with Gasteiger partial charge in [-0.05, 0) is 24.6 Å². The Kier molecular flexibility index (Phi) is 4.13. The van der Waals surface area contributed by atoms with Crippen LogP contribution in [-0.4, -0.2) is 31.9 Å². The average Bonchev–Trinajstić information content (AvgIpc) is 2.90. The van der Waals surface area contributed by atoms with Crippen molar-refractivity contribution in [2.75, 3.05) is 12.4 Å². The molecule has 2 heterocycles. The van der Waals surface area contributed by atoms with Crippen molar-refractivity contribution in [2.24, 2.45) is 0 Å². The first-order valence-electron chi connectivity index (χ1n) is 6.40. The normalized spacial score (nSPS) is 10.8. The number of fused-ring (bicyclic) bond motifs is 1. The molecule has 0 atom stereocenters. The maximum atomic E-state index is 5.63. The number of hydrogen-bond donors (Lipinski definition) is 0. The molecule has 0 saturated carbocycles. The van der Waals surface area contributed by atoms with Gasteiger partial charge in [0.25, 0.3) is 5.78 Å². The quantitative estimate of drug-likeness (QED) is 0.515. The lowest BCUT2D eigenvalue weighted by Gasteiger charge is -2.04. The summed E-state index contributed by atoms with van der Waals surface area (Å²) in [5.74, 6) is 2.46. The van der Waals surface area contributed by atoms with Gasteiger partial charge in [0.15, 0.2) is 0 Å². The molecule has 0 spiro atoms. The summed E-state index contributed by atoms with van der Waals surface area (Å²) in [4.78, 5) is 8.47. The van der Waals surface area contributed by atoms with Gasteiger partial charge >= 0.3 is 0 Å². The first kappa shape index (κ1) is 12.9. The lowest BCUT2D eigenvalue weighted by Crippen LogP contribution is -1.98. The summed E-state index contributed by atoms with van der Waals surface area (Å²) in [6, 6.07) is 11.7. The SMILES string of the molecule is c1ccc(OCCCSc2nc3ncccn3n2)cc1. The van der Waals surface area contributed by atoms with E-state index in [0.29, 0.717) is 12.4 Å². The van der Waals surface area contributed by atoms with Crippen molar-refractivity contribution >= 4 is 17.5 Å². The molecule has 0 amide bonds. The van der Waals surface area contributed by atoms with Crippen LogP contribution >= 0.6 is 11.8 Å². The molecule has 0 aliphatic heterocycles. The first-order chi connectivity index (χ1) is 9.92. The number of thioether (sulfide) groups is 1. The van der Waals surface area contributed by atoms with Crippen molar-refractivity contribution in [3.05, 3.63) is 48.8 Å². The number of para-hydroxylation sites is 1. The molecule has 6 heteroatoms. The van der Waals surface area contributed by atoms with Gasteiger partial charge in [0.2, 0.25) is 5.16 Å².